The number of hydrogen-bond donors (Lipinski definition) is 1. The van der Waals surface area contributed by atoms with E-state index in [2.05, 4.69) is 0 Å². The van der Waals surface area contributed by atoms with E-state index in [1.165, 1.54) is 4.90 Å². The monoisotopic (exact) mass is 291 g/mol. The van der Waals surface area contributed by atoms with Gasteiger partial charge in [-0.3, -0.25) is 4.90 Å². The van der Waals surface area contributed by atoms with Crippen molar-refractivity contribution in [1.82, 2.24) is 4.90 Å². The van der Waals surface area contributed by atoms with Gasteiger partial charge in [0.15, 0.2) is 0 Å². The zero-order valence-electron chi connectivity index (χ0n) is 12.4. The Hall–Kier alpha value is -2.04. The van der Waals surface area contributed by atoms with Crippen molar-refractivity contribution < 1.29 is 19.4 Å². The van der Waals surface area contributed by atoms with E-state index in [1.54, 1.807) is 0 Å². The summed E-state index contributed by atoms with van der Waals surface area (Å²) < 4.78 is 5.30. The molecule has 1 aromatic rings. The van der Waals surface area contributed by atoms with Gasteiger partial charge in [0.25, 0.3) is 0 Å². The predicted molar refractivity (Wildman–Crippen MR) is 77.7 cm³/mol. The summed E-state index contributed by atoms with van der Waals surface area (Å²) in [7, 11) is 0. The summed E-state index contributed by atoms with van der Waals surface area (Å²) in [5.41, 5.74) is 0.887. The average Bonchev–Trinajstić information content (AvgIpc) is 2.91. The first-order valence-electron chi connectivity index (χ1n) is 7.22. The second-order valence-electron chi connectivity index (χ2n) is 5.69. The maximum absolute atomic E-state index is 12.3. The average molecular weight is 291 g/mol. The van der Waals surface area contributed by atoms with Crippen molar-refractivity contribution in [3.05, 3.63) is 35.9 Å². The number of likely N-dealkylation sites (tertiary alicyclic amines) is 1. The van der Waals surface area contributed by atoms with Crippen molar-refractivity contribution in [3.8, 4) is 0 Å². The standard InChI is InChI=1S/C16H21NO4/c1-11(2)13-8-9-14(15(18)19)17(13)16(20)21-10-12-6-4-3-5-7-12/h3-7,11,13-14H,8-10H2,1-2H3,(H,18,19)/t13-,14-/m0/s1. The molecular weight excluding hydrogens is 270 g/mol. The van der Waals surface area contributed by atoms with E-state index in [4.69, 9.17) is 4.74 Å². The van der Waals surface area contributed by atoms with Crippen LogP contribution in [0.1, 0.15) is 32.3 Å². The highest BCUT2D eigenvalue weighted by Crippen LogP contribution is 2.30. The summed E-state index contributed by atoms with van der Waals surface area (Å²) in [6.45, 7) is 4.14. The Kier molecular flexibility index (Phi) is 4.83. The fourth-order valence-corrected chi connectivity index (χ4v) is 2.79. The number of nitrogens with zero attached hydrogens (tertiary/aromatic N) is 1. The summed E-state index contributed by atoms with van der Waals surface area (Å²) in [4.78, 5) is 25.0. The van der Waals surface area contributed by atoms with Gasteiger partial charge in [-0.05, 0) is 24.3 Å². The molecule has 0 bridgehead atoms. The lowest BCUT2D eigenvalue weighted by molar-refractivity contribution is -0.142. The van der Waals surface area contributed by atoms with Crippen LogP contribution < -0.4 is 0 Å². The molecule has 0 spiro atoms. The first-order chi connectivity index (χ1) is 10.0. The molecule has 1 fully saturated rings. The summed E-state index contributed by atoms with van der Waals surface area (Å²) in [5, 5.41) is 9.27. The molecule has 21 heavy (non-hydrogen) atoms. The van der Waals surface area contributed by atoms with E-state index < -0.39 is 18.1 Å². The fraction of sp³-hybridized carbons (Fsp3) is 0.500. The van der Waals surface area contributed by atoms with E-state index >= 15 is 0 Å². The van der Waals surface area contributed by atoms with Crippen LogP contribution >= 0.6 is 0 Å². The summed E-state index contributed by atoms with van der Waals surface area (Å²) >= 11 is 0. The fourth-order valence-electron chi connectivity index (χ4n) is 2.79. The first-order valence-corrected chi connectivity index (χ1v) is 7.22. The molecular formula is C16H21NO4. The van der Waals surface area contributed by atoms with Crippen LogP contribution in [-0.2, 0) is 16.1 Å². The van der Waals surface area contributed by atoms with Gasteiger partial charge in [0, 0.05) is 6.04 Å². The van der Waals surface area contributed by atoms with Crippen molar-refractivity contribution >= 4 is 12.1 Å². The molecule has 0 aliphatic carbocycles. The number of benzene rings is 1. The Morgan fingerprint density at radius 2 is 1.95 bits per heavy atom. The van der Waals surface area contributed by atoms with Crippen LogP contribution in [0.5, 0.6) is 0 Å². The third-order valence-electron chi connectivity index (χ3n) is 3.90. The molecule has 0 saturated carbocycles. The first kappa shape index (κ1) is 15.4. The minimum absolute atomic E-state index is 0.0747. The van der Waals surface area contributed by atoms with Crippen molar-refractivity contribution in [2.45, 2.75) is 45.4 Å². The Morgan fingerprint density at radius 1 is 1.29 bits per heavy atom. The quantitative estimate of drug-likeness (QED) is 0.926. The van der Waals surface area contributed by atoms with Gasteiger partial charge in [-0.25, -0.2) is 9.59 Å². The van der Waals surface area contributed by atoms with Crippen LogP contribution in [0.25, 0.3) is 0 Å². The number of carboxylic acid groups (broad SMARTS) is 1. The van der Waals surface area contributed by atoms with E-state index in [0.717, 1.165) is 5.56 Å². The zero-order valence-corrected chi connectivity index (χ0v) is 12.4. The molecule has 2 rings (SSSR count). The molecule has 1 aliphatic rings. The van der Waals surface area contributed by atoms with E-state index in [-0.39, 0.29) is 18.6 Å². The second-order valence-corrected chi connectivity index (χ2v) is 5.69. The van der Waals surface area contributed by atoms with Crippen LogP contribution in [0.15, 0.2) is 30.3 Å². The third kappa shape index (κ3) is 3.54. The van der Waals surface area contributed by atoms with Gasteiger partial charge in [0.1, 0.15) is 12.6 Å². The Morgan fingerprint density at radius 3 is 2.52 bits per heavy atom. The van der Waals surface area contributed by atoms with Gasteiger partial charge in [-0.15, -0.1) is 0 Å². The topological polar surface area (TPSA) is 66.8 Å². The van der Waals surface area contributed by atoms with E-state index in [9.17, 15) is 14.7 Å². The molecule has 1 N–H and O–H groups in total. The zero-order chi connectivity index (χ0) is 15.4. The minimum atomic E-state index is -0.963. The highest BCUT2D eigenvalue weighted by Gasteiger charge is 2.43. The van der Waals surface area contributed by atoms with E-state index in [1.807, 2.05) is 44.2 Å². The number of hydrogen-bond acceptors (Lipinski definition) is 3. The normalized spacial score (nSPS) is 21.6. The smallest absolute Gasteiger partial charge is 0.411 e. The number of aliphatic carboxylic acids is 1. The number of rotatable bonds is 4. The molecule has 0 radical (unpaired) electrons. The summed E-state index contributed by atoms with van der Waals surface area (Å²) in [5.74, 6) is -0.756. The van der Waals surface area contributed by atoms with Gasteiger partial charge in [-0.2, -0.15) is 0 Å². The Balaban J connectivity index is 2.05. The van der Waals surface area contributed by atoms with Gasteiger partial charge >= 0.3 is 12.1 Å². The van der Waals surface area contributed by atoms with E-state index in [0.29, 0.717) is 12.8 Å². The lowest BCUT2D eigenvalue weighted by atomic mass is 10.0. The number of ether oxygens (including phenoxy) is 1. The van der Waals surface area contributed by atoms with Crippen molar-refractivity contribution in [3.63, 3.8) is 0 Å². The van der Waals surface area contributed by atoms with Crippen molar-refractivity contribution in [1.29, 1.82) is 0 Å². The Labute approximate surface area is 124 Å². The van der Waals surface area contributed by atoms with Gasteiger partial charge in [0.05, 0.1) is 0 Å². The second kappa shape index (κ2) is 6.61. The Bertz CT molecular complexity index is 500. The number of amides is 1. The van der Waals surface area contributed by atoms with Gasteiger partial charge in [0.2, 0.25) is 0 Å². The predicted octanol–water partition coefficient (Wildman–Crippen LogP) is 2.90. The van der Waals surface area contributed by atoms with Crippen LogP contribution in [0.4, 0.5) is 4.79 Å². The highest BCUT2D eigenvalue weighted by molar-refractivity contribution is 5.81. The molecule has 5 heteroatoms. The molecule has 1 aromatic carbocycles. The lowest BCUT2D eigenvalue weighted by Gasteiger charge is -2.29. The minimum Gasteiger partial charge on any atom is -0.480 e. The summed E-state index contributed by atoms with van der Waals surface area (Å²) in [6, 6.07) is 8.51. The van der Waals surface area contributed by atoms with Gasteiger partial charge < -0.3 is 9.84 Å². The molecule has 5 nitrogen and oxygen atoms in total. The molecule has 1 saturated heterocycles. The van der Waals surface area contributed by atoms with Gasteiger partial charge in [-0.1, -0.05) is 44.2 Å². The number of carboxylic acids is 1. The van der Waals surface area contributed by atoms with Crippen LogP contribution in [0, 0.1) is 5.92 Å². The molecule has 0 unspecified atom stereocenters. The lowest BCUT2D eigenvalue weighted by Crippen LogP contribution is -2.46. The molecule has 1 amide bonds. The highest BCUT2D eigenvalue weighted by atomic mass is 16.6. The SMILES string of the molecule is CC(C)[C@@H]1CC[C@@H](C(=O)O)N1C(=O)OCc1ccccc1. The van der Waals surface area contributed by atoms with Crippen molar-refractivity contribution in [2.24, 2.45) is 5.92 Å². The molecule has 1 aliphatic heterocycles. The maximum atomic E-state index is 12.3. The van der Waals surface area contributed by atoms with Crippen LogP contribution in [0.2, 0.25) is 0 Å². The molecule has 1 heterocycles. The van der Waals surface area contributed by atoms with Crippen LogP contribution in [-0.4, -0.2) is 34.2 Å². The van der Waals surface area contributed by atoms with Crippen LogP contribution in [0.3, 0.4) is 0 Å². The summed E-state index contributed by atoms with van der Waals surface area (Å²) in [6.07, 6.45) is 0.649. The third-order valence-corrected chi connectivity index (χ3v) is 3.90. The van der Waals surface area contributed by atoms with Crippen molar-refractivity contribution in [2.75, 3.05) is 0 Å². The molecule has 2 atom stereocenters. The maximum Gasteiger partial charge on any atom is 0.411 e. The molecule has 0 aromatic heterocycles. The largest absolute Gasteiger partial charge is 0.480 e. The number of carbonyl (C=O) groups is 2. The molecule has 114 valence electrons. The number of carbonyl (C=O) groups excluding carboxylic acids is 1.